The van der Waals surface area contributed by atoms with E-state index < -0.39 is 0 Å². The maximum Gasteiger partial charge on any atom is 0.194 e. The Hall–Kier alpha value is -1.58. The molecule has 0 spiro atoms. The van der Waals surface area contributed by atoms with Crippen LogP contribution in [0, 0.1) is 0 Å². The lowest BCUT2D eigenvalue weighted by Gasteiger charge is -1.85. The Morgan fingerprint density at radius 2 is 2.33 bits per heavy atom. The zero-order chi connectivity index (χ0) is 8.39. The van der Waals surface area contributed by atoms with Crippen LogP contribution >= 0.6 is 0 Å². The summed E-state index contributed by atoms with van der Waals surface area (Å²) in [4.78, 5) is 7.98. The van der Waals surface area contributed by atoms with Gasteiger partial charge >= 0.3 is 0 Å². The molecule has 0 atom stereocenters. The molecule has 4 heteroatoms. The van der Waals surface area contributed by atoms with Crippen LogP contribution in [0.2, 0.25) is 0 Å². The molecule has 12 heavy (non-hydrogen) atoms. The third-order valence-corrected chi connectivity index (χ3v) is 1.54. The average molecular weight is 164 g/mol. The fourth-order valence-corrected chi connectivity index (χ4v) is 0.926. The van der Waals surface area contributed by atoms with Gasteiger partial charge in [0.15, 0.2) is 18.0 Å². The van der Waals surface area contributed by atoms with E-state index in [1.54, 1.807) is 6.20 Å². The summed E-state index contributed by atoms with van der Waals surface area (Å²) in [5.74, 6) is 1.37. The molecule has 0 aliphatic carbocycles. The number of hydrogen-bond acceptors (Lipinski definition) is 4. The van der Waals surface area contributed by atoms with Crippen molar-refractivity contribution in [3.05, 3.63) is 24.7 Å². The Morgan fingerprint density at radius 1 is 1.42 bits per heavy atom. The monoisotopic (exact) mass is 164 g/mol. The number of aromatic nitrogens is 2. The van der Waals surface area contributed by atoms with Gasteiger partial charge in [-0.3, -0.25) is 0 Å². The van der Waals surface area contributed by atoms with Gasteiger partial charge in [0.05, 0.1) is 6.20 Å². The van der Waals surface area contributed by atoms with Gasteiger partial charge < -0.3 is 8.83 Å². The van der Waals surface area contributed by atoms with Gasteiger partial charge in [-0.15, -0.1) is 0 Å². The molecule has 0 N–H and O–H groups in total. The first-order chi connectivity index (χ1) is 5.90. The minimum atomic E-state index is 0.653. The quantitative estimate of drug-likeness (QED) is 0.680. The van der Waals surface area contributed by atoms with Crippen LogP contribution in [0.4, 0.5) is 0 Å². The fraction of sp³-hybridized carbons (Fsp3) is 0.250. The summed E-state index contributed by atoms with van der Waals surface area (Å²) in [7, 11) is 0. The van der Waals surface area contributed by atoms with Gasteiger partial charge in [-0.1, -0.05) is 6.92 Å². The van der Waals surface area contributed by atoms with Crippen molar-refractivity contribution in [2.45, 2.75) is 13.3 Å². The second kappa shape index (κ2) is 2.81. The molecule has 0 aliphatic heterocycles. The predicted octanol–water partition coefficient (Wildman–Crippen LogP) is 1.89. The Morgan fingerprint density at radius 3 is 2.92 bits per heavy atom. The molecule has 0 aromatic carbocycles. The number of rotatable bonds is 2. The van der Waals surface area contributed by atoms with Gasteiger partial charge in [0.1, 0.15) is 12.0 Å². The zero-order valence-corrected chi connectivity index (χ0v) is 6.65. The van der Waals surface area contributed by atoms with Crippen molar-refractivity contribution in [1.82, 2.24) is 9.97 Å². The fourth-order valence-electron chi connectivity index (χ4n) is 0.926. The molecular weight excluding hydrogens is 156 g/mol. The molecule has 0 radical (unpaired) electrons. The van der Waals surface area contributed by atoms with Crippen LogP contribution in [0.5, 0.6) is 0 Å². The highest BCUT2D eigenvalue weighted by Crippen LogP contribution is 2.17. The molecule has 2 heterocycles. The van der Waals surface area contributed by atoms with Crippen LogP contribution in [-0.4, -0.2) is 9.97 Å². The smallest absolute Gasteiger partial charge is 0.194 e. The molecule has 0 amide bonds. The van der Waals surface area contributed by atoms with Crippen LogP contribution in [0.3, 0.4) is 0 Å². The number of oxazole rings is 2. The minimum absolute atomic E-state index is 0.653. The van der Waals surface area contributed by atoms with Gasteiger partial charge in [0.2, 0.25) is 0 Å². The molecule has 2 rings (SSSR count). The van der Waals surface area contributed by atoms with Crippen molar-refractivity contribution < 1.29 is 8.83 Å². The summed E-state index contributed by atoms with van der Waals surface area (Å²) >= 11 is 0. The second-order valence-corrected chi connectivity index (χ2v) is 2.35. The van der Waals surface area contributed by atoms with E-state index in [1.807, 2.05) is 6.92 Å². The Labute approximate surface area is 69.2 Å². The summed E-state index contributed by atoms with van der Waals surface area (Å²) in [6.45, 7) is 1.98. The van der Waals surface area contributed by atoms with E-state index in [4.69, 9.17) is 8.83 Å². The Bertz CT molecular complexity index is 351. The standard InChI is InChI=1S/C8H8N2O2/c1-2-8-9-3-7(12-8)6-4-11-5-10-6/h3-5H,2H2,1H3. The summed E-state index contributed by atoms with van der Waals surface area (Å²) < 4.78 is 10.2. The molecule has 2 aromatic rings. The third-order valence-electron chi connectivity index (χ3n) is 1.54. The minimum Gasteiger partial charge on any atom is -0.451 e. The normalized spacial score (nSPS) is 10.4. The van der Waals surface area contributed by atoms with E-state index in [9.17, 15) is 0 Å². The molecule has 62 valence electrons. The van der Waals surface area contributed by atoms with E-state index >= 15 is 0 Å². The van der Waals surface area contributed by atoms with Gasteiger partial charge in [-0.2, -0.15) is 0 Å². The van der Waals surface area contributed by atoms with Crippen LogP contribution < -0.4 is 0 Å². The van der Waals surface area contributed by atoms with Crippen LogP contribution in [0.1, 0.15) is 12.8 Å². The van der Waals surface area contributed by atoms with Gasteiger partial charge in [0.25, 0.3) is 0 Å². The van der Waals surface area contributed by atoms with Gasteiger partial charge in [-0.05, 0) is 0 Å². The number of aryl methyl sites for hydroxylation is 1. The van der Waals surface area contributed by atoms with Crippen LogP contribution in [0.15, 0.2) is 27.7 Å². The number of nitrogens with zero attached hydrogens (tertiary/aromatic N) is 2. The summed E-state index contributed by atoms with van der Waals surface area (Å²) in [5, 5.41) is 0. The number of hydrogen-bond donors (Lipinski definition) is 0. The molecule has 2 aromatic heterocycles. The Kier molecular flexibility index (Phi) is 1.66. The largest absolute Gasteiger partial charge is 0.451 e. The SMILES string of the molecule is CCc1ncc(-c2cocn2)o1. The lowest BCUT2D eigenvalue weighted by molar-refractivity contribution is 0.511. The molecular formula is C8H8N2O2. The highest BCUT2D eigenvalue weighted by molar-refractivity contribution is 5.47. The topological polar surface area (TPSA) is 52.1 Å². The summed E-state index contributed by atoms with van der Waals surface area (Å²) in [6, 6.07) is 0. The second-order valence-electron chi connectivity index (χ2n) is 2.35. The molecule has 0 aliphatic rings. The van der Waals surface area contributed by atoms with Crippen molar-refractivity contribution in [1.29, 1.82) is 0 Å². The maximum absolute atomic E-state index is 5.34. The first-order valence-corrected chi connectivity index (χ1v) is 3.73. The van der Waals surface area contributed by atoms with E-state index in [1.165, 1.54) is 12.7 Å². The Balaban J connectivity index is 2.35. The first kappa shape index (κ1) is 7.09. The third kappa shape index (κ3) is 1.11. The summed E-state index contributed by atoms with van der Waals surface area (Å²) in [5.41, 5.74) is 0.683. The average Bonchev–Trinajstić information content (AvgIpc) is 2.75. The van der Waals surface area contributed by atoms with Crippen LogP contribution in [-0.2, 0) is 6.42 Å². The van der Waals surface area contributed by atoms with Crippen molar-refractivity contribution >= 4 is 0 Å². The van der Waals surface area contributed by atoms with Gasteiger partial charge in [-0.25, -0.2) is 9.97 Å². The molecule has 4 nitrogen and oxygen atoms in total. The van der Waals surface area contributed by atoms with E-state index in [2.05, 4.69) is 9.97 Å². The lowest BCUT2D eigenvalue weighted by atomic mass is 10.4. The van der Waals surface area contributed by atoms with Gasteiger partial charge in [0, 0.05) is 6.42 Å². The molecule has 0 saturated heterocycles. The molecule has 0 unspecified atom stereocenters. The predicted molar refractivity (Wildman–Crippen MR) is 41.4 cm³/mol. The zero-order valence-electron chi connectivity index (χ0n) is 6.65. The highest BCUT2D eigenvalue weighted by atomic mass is 16.4. The van der Waals surface area contributed by atoms with E-state index in [0.717, 1.165) is 6.42 Å². The molecule has 0 bridgehead atoms. The lowest BCUT2D eigenvalue weighted by Crippen LogP contribution is -1.74. The van der Waals surface area contributed by atoms with Crippen LogP contribution in [0.25, 0.3) is 11.5 Å². The van der Waals surface area contributed by atoms with Crippen molar-refractivity contribution in [2.24, 2.45) is 0 Å². The first-order valence-electron chi connectivity index (χ1n) is 3.73. The maximum atomic E-state index is 5.34. The highest BCUT2D eigenvalue weighted by Gasteiger charge is 2.06. The summed E-state index contributed by atoms with van der Waals surface area (Å²) in [6.07, 6.45) is 5.33. The van der Waals surface area contributed by atoms with Crippen molar-refractivity contribution in [3.8, 4) is 11.5 Å². The van der Waals surface area contributed by atoms with E-state index in [-0.39, 0.29) is 0 Å². The van der Waals surface area contributed by atoms with Crippen molar-refractivity contribution in [3.63, 3.8) is 0 Å². The molecule has 0 saturated carbocycles. The molecule has 0 fully saturated rings. The van der Waals surface area contributed by atoms with E-state index in [0.29, 0.717) is 17.3 Å². The van der Waals surface area contributed by atoms with Crippen molar-refractivity contribution in [2.75, 3.05) is 0 Å².